The van der Waals surface area contributed by atoms with Crippen molar-refractivity contribution in [3.05, 3.63) is 73.9 Å². The molecule has 44 heavy (non-hydrogen) atoms. The Bertz CT molecular complexity index is 1160. The van der Waals surface area contributed by atoms with Crippen LogP contribution in [0.1, 0.15) is 151 Å². The van der Waals surface area contributed by atoms with Crippen molar-refractivity contribution in [3.8, 4) is 0 Å². The highest BCUT2D eigenvalue weighted by atomic mass is 14.8. The average Bonchev–Trinajstić information content (AvgIpc) is 3.37. The van der Waals surface area contributed by atoms with Gasteiger partial charge in [-0.25, -0.2) is 0 Å². The van der Waals surface area contributed by atoms with E-state index in [0.717, 1.165) is 17.8 Å². The molecule has 1 aromatic rings. The summed E-state index contributed by atoms with van der Waals surface area (Å²) in [6, 6.07) is 9.18. The van der Waals surface area contributed by atoms with Gasteiger partial charge in [-0.1, -0.05) is 118 Å². The molecule has 8 atom stereocenters. The quantitative estimate of drug-likeness (QED) is 0.304. The number of allylic oxidation sites excluding steroid dienone is 3. The molecule has 5 aliphatic carbocycles. The lowest BCUT2D eigenvalue weighted by molar-refractivity contribution is -0.243. The number of hydrogen-bond acceptors (Lipinski definition) is 0. The van der Waals surface area contributed by atoms with E-state index in [2.05, 4.69) is 105 Å². The predicted octanol–water partition coefficient (Wildman–Crippen LogP) is 14.0. The summed E-state index contributed by atoms with van der Waals surface area (Å²) in [6.45, 7) is 38.0. The molecular formula is C44H70. The zero-order valence-electron chi connectivity index (χ0n) is 30.9. The summed E-state index contributed by atoms with van der Waals surface area (Å²) in [6.07, 6.45) is 22.3. The van der Waals surface area contributed by atoms with Crippen molar-refractivity contribution in [2.45, 2.75) is 140 Å². The van der Waals surface area contributed by atoms with Gasteiger partial charge < -0.3 is 0 Å². The maximum absolute atomic E-state index is 3.96. The first-order valence-corrected chi connectivity index (χ1v) is 18.3. The van der Waals surface area contributed by atoms with Gasteiger partial charge in [0, 0.05) is 0 Å². The SMILES string of the molecule is C=C.C=CC.C=Cc1ccc(C2=CCC3(C)C(CCC4(C)C3CCC3[C@@]5(C)CCCC5(CC)CC[C@]34C)C2(C)C)cc1.CC. The standard InChI is InChI=1S/C37H54.C3H6.C2H6.C2H4/c1-9-26-12-14-27(15-13-26)28-18-22-33(5)29(32(28,3)4)19-23-34(6)30(33)16-17-31-35(34,7)24-25-37(10-2)21-11-20-36(31,37)8;1-3-2;2*1-2/h9,12-15,18,29-31H,1,10-11,16-17,19-25H2,2-8H3;3H,1H2,2H3;1-2H3;1-2H2/t29?,30?,31?,33?,34?,35-,36-,37?;;;/m1.../s1. The second-order valence-corrected chi connectivity index (χ2v) is 16.3. The highest BCUT2D eigenvalue weighted by Crippen LogP contribution is 2.79. The molecule has 0 N–H and O–H groups in total. The van der Waals surface area contributed by atoms with Gasteiger partial charge in [-0.3, -0.25) is 0 Å². The molecule has 0 aliphatic heterocycles. The molecular weight excluding hydrogens is 528 g/mol. The number of rotatable bonds is 3. The van der Waals surface area contributed by atoms with Crippen LogP contribution in [0.25, 0.3) is 11.6 Å². The Morgan fingerprint density at radius 3 is 1.86 bits per heavy atom. The van der Waals surface area contributed by atoms with Gasteiger partial charge in [0.2, 0.25) is 0 Å². The van der Waals surface area contributed by atoms with Crippen molar-refractivity contribution in [1.29, 1.82) is 0 Å². The van der Waals surface area contributed by atoms with Gasteiger partial charge in [-0.05, 0) is 138 Å². The third-order valence-corrected chi connectivity index (χ3v) is 15.0. The lowest BCUT2D eigenvalue weighted by Crippen LogP contribution is -2.66. The zero-order chi connectivity index (χ0) is 33.2. The molecule has 0 saturated heterocycles. The van der Waals surface area contributed by atoms with Crippen molar-refractivity contribution in [1.82, 2.24) is 0 Å². The number of benzene rings is 1. The first kappa shape index (κ1) is 36.6. The third-order valence-electron chi connectivity index (χ3n) is 15.0. The summed E-state index contributed by atoms with van der Waals surface area (Å²) in [4.78, 5) is 0. The molecule has 4 fully saturated rings. The topological polar surface area (TPSA) is 0 Å². The van der Waals surface area contributed by atoms with E-state index in [9.17, 15) is 0 Å². The van der Waals surface area contributed by atoms with Crippen LogP contribution in [0.4, 0.5) is 0 Å². The van der Waals surface area contributed by atoms with Gasteiger partial charge in [0.05, 0.1) is 0 Å². The minimum Gasteiger partial charge on any atom is -0.106 e. The minimum absolute atomic E-state index is 0.211. The zero-order valence-corrected chi connectivity index (χ0v) is 30.9. The van der Waals surface area contributed by atoms with E-state index in [-0.39, 0.29) is 5.41 Å². The second-order valence-electron chi connectivity index (χ2n) is 16.3. The van der Waals surface area contributed by atoms with Crippen LogP contribution in [0, 0.1) is 50.2 Å². The molecule has 4 saturated carbocycles. The Labute approximate surface area is 275 Å². The third kappa shape index (κ3) is 5.17. The van der Waals surface area contributed by atoms with Crippen molar-refractivity contribution >= 4 is 11.6 Å². The average molecular weight is 599 g/mol. The fraction of sp³-hybridized carbons (Fsp3) is 0.682. The summed E-state index contributed by atoms with van der Waals surface area (Å²) in [5, 5.41) is 0. The lowest BCUT2D eigenvalue weighted by Gasteiger charge is -2.74. The van der Waals surface area contributed by atoms with E-state index in [1.54, 1.807) is 11.6 Å². The van der Waals surface area contributed by atoms with E-state index in [4.69, 9.17) is 0 Å². The van der Waals surface area contributed by atoms with Crippen LogP contribution in [0.5, 0.6) is 0 Å². The molecule has 6 unspecified atom stereocenters. The van der Waals surface area contributed by atoms with Crippen LogP contribution >= 0.6 is 0 Å². The van der Waals surface area contributed by atoms with Gasteiger partial charge >= 0.3 is 0 Å². The molecule has 246 valence electrons. The first-order valence-electron chi connectivity index (χ1n) is 18.3. The maximum atomic E-state index is 3.96. The minimum atomic E-state index is 0.211. The normalized spacial score (nSPS) is 41.0. The van der Waals surface area contributed by atoms with Crippen LogP contribution in [-0.2, 0) is 0 Å². The molecule has 6 rings (SSSR count). The van der Waals surface area contributed by atoms with E-state index in [1.165, 1.54) is 81.8 Å². The molecule has 0 heterocycles. The maximum Gasteiger partial charge on any atom is -0.00671 e. The van der Waals surface area contributed by atoms with Crippen LogP contribution in [0.15, 0.2) is 62.7 Å². The Hall–Kier alpha value is -1.82. The fourth-order valence-corrected chi connectivity index (χ4v) is 12.9. The van der Waals surface area contributed by atoms with Gasteiger partial charge in [-0.15, -0.1) is 19.7 Å². The summed E-state index contributed by atoms with van der Waals surface area (Å²) in [5.74, 6) is 2.53. The molecule has 0 radical (unpaired) electrons. The van der Waals surface area contributed by atoms with Crippen molar-refractivity contribution in [3.63, 3.8) is 0 Å². The summed E-state index contributed by atoms with van der Waals surface area (Å²) in [7, 11) is 0. The molecule has 0 aromatic heterocycles. The molecule has 1 aromatic carbocycles. The Morgan fingerprint density at radius 1 is 0.727 bits per heavy atom. The summed E-state index contributed by atoms with van der Waals surface area (Å²) >= 11 is 0. The van der Waals surface area contributed by atoms with Crippen molar-refractivity contribution in [2.75, 3.05) is 0 Å². The number of hydrogen-bond donors (Lipinski definition) is 0. The molecule has 0 amide bonds. The van der Waals surface area contributed by atoms with Crippen LogP contribution < -0.4 is 0 Å². The van der Waals surface area contributed by atoms with Crippen LogP contribution in [-0.4, -0.2) is 0 Å². The predicted molar refractivity (Wildman–Crippen MR) is 199 cm³/mol. The monoisotopic (exact) mass is 599 g/mol. The molecule has 5 aliphatic rings. The second kappa shape index (κ2) is 13.5. The number of fused-ring (bicyclic) bond motifs is 7. The first-order chi connectivity index (χ1) is 20.8. The van der Waals surface area contributed by atoms with Crippen LogP contribution in [0.3, 0.4) is 0 Å². The highest BCUT2D eigenvalue weighted by Gasteiger charge is 2.71. The van der Waals surface area contributed by atoms with Gasteiger partial charge in [0.1, 0.15) is 0 Å². The van der Waals surface area contributed by atoms with Crippen molar-refractivity contribution < 1.29 is 0 Å². The molecule has 0 bridgehead atoms. The van der Waals surface area contributed by atoms with E-state index < -0.39 is 0 Å². The molecule has 0 heteroatoms. The molecule has 0 spiro atoms. The highest BCUT2D eigenvalue weighted by molar-refractivity contribution is 5.72. The van der Waals surface area contributed by atoms with Gasteiger partial charge in [0.25, 0.3) is 0 Å². The van der Waals surface area contributed by atoms with Crippen LogP contribution in [0.2, 0.25) is 0 Å². The summed E-state index contributed by atoms with van der Waals surface area (Å²) in [5.41, 5.74) is 7.03. The van der Waals surface area contributed by atoms with Gasteiger partial charge in [0.15, 0.2) is 0 Å². The van der Waals surface area contributed by atoms with E-state index in [0.29, 0.717) is 27.1 Å². The van der Waals surface area contributed by atoms with Gasteiger partial charge in [-0.2, -0.15) is 0 Å². The largest absolute Gasteiger partial charge is 0.106 e. The van der Waals surface area contributed by atoms with E-state index >= 15 is 0 Å². The summed E-state index contributed by atoms with van der Waals surface area (Å²) < 4.78 is 0. The Morgan fingerprint density at radius 2 is 1.30 bits per heavy atom. The Kier molecular flexibility index (Phi) is 11.2. The lowest BCUT2D eigenvalue weighted by atomic mass is 9.31. The van der Waals surface area contributed by atoms with E-state index in [1.807, 2.05) is 26.8 Å². The smallest absolute Gasteiger partial charge is 0.00671 e. The fourth-order valence-electron chi connectivity index (χ4n) is 12.9. The Balaban J connectivity index is 0.000000701. The van der Waals surface area contributed by atoms with Crippen molar-refractivity contribution in [2.24, 2.45) is 50.2 Å². The molecule has 0 nitrogen and oxygen atoms in total.